The van der Waals surface area contributed by atoms with Crippen molar-refractivity contribution in [3.8, 4) is 11.5 Å². The van der Waals surface area contributed by atoms with Crippen LogP contribution in [-0.2, 0) is 0 Å². The molecule has 0 bridgehead atoms. The SMILES string of the molecule is CCOc1cccc(C=NCC(O)c2c(F)cccc2F)c1O. The van der Waals surface area contributed by atoms with Crippen LogP contribution >= 0.6 is 0 Å². The molecule has 2 aromatic rings. The van der Waals surface area contributed by atoms with E-state index in [2.05, 4.69) is 4.99 Å². The number of aliphatic imine (C=N–C) groups is 1. The lowest BCUT2D eigenvalue weighted by atomic mass is 10.1. The minimum Gasteiger partial charge on any atom is -0.504 e. The minimum absolute atomic E-state index is 0.0790. The van der Waals surface area contributed by atoms with E-state index in [9.17, 15) is 19.0 Å². The van der Waals surface area contributed by atoms with E-state index in [1.807, 2.05) is 0 Å². The van der Waals surface area contributed by atoms with Gasteiger partial charge in [-0.25, -0.2) is 8.78 Å². The number of phenols is 1. The van der Waals surface area contributed by atoms with E-state index in [4.69, 9.17) is 4.74 Å². The van der Waals surface area contributed by atoms with Crippen LogP contribution < -0.4 is 4.74 Å². The van der Waals surface area contributed by atoms with Crippen molar-refractivity contribution < 1.29 is 23.7 Å². The van der Waals surface area contributed by atoms with E-state index in [1.54, 1.807) is 25.1 Å². The number of halogens is 2. The number of ether oxygens (including phenoxy) is 1. The summed E-state index contributed by atoms with van der Waals surface area (Å²) in [5.74, 6) is -1.41. The lowest BCUT2D eigenvalue weighted by Gasteiger charge is -2.10. The van der Waals surface area contributed by atoms with Crippen molar-refractivity contribution in [3.63, 3.8) is 0 Å². The molecule has 122 valence electrons. The van der Waals surface area contributed by atoms with Crippen LogP contribution in [0.4, 0.5) is 8.78 Å². The Kier molecular flexibility index (Phi) is 5.65. The molecule has 0 heterocycles. The quantitative estimate of drug-likeness (QED) is 0.803. The molecule has 2 aromatic carbocycles. The highest BCUT2D eigenvalue weighted by molar-refractivity contribution is 5.84. The first-order valence-corrected chi connectivity index (χ1v) is 7.11. The van der Waals surface area contributed by atoms with Crippen molar-refractivity contribution >= 4 is 6.21 Å². The van der Waals surface area contributed by atoms with E-state index in [-0.39, 0.29) is 12.3 Å². The Bertz CT molecular complexity index is 684. The van der Waals surface area contributed by atoms with Crippen molar-refractivity contribution in [1.29, 1.82) is 0 Å². The highest BCUT2D eigenvalue weighted by Crippen LogP contribution is 2.28. The topological polar surface area (TPSA) is 62.0 Å². The fraction of sp³-hybridized carbons (Fsp3) is 0.235. The maximum Gasteiger partial charge on any atom is 0.166 e. The van der Waals surface area contributed by atoms with Crippen LogP contribution in [0.3, 0.4) is 0 Å². The maximum atomic E-state index is 13.5. The maximum absolute atomic E-state index is 13.5. The second kappa shape index (κ2) is 7.69. The summed E-state index contributed by atoms with van der Waals surface area (Å²) in [5.41, 5.74) is -0.0332. The molecular formula is C17H17F2NO3. The van der Waals surface area contributed by atoms with Gasteiger partial charge in [0.05, 0.1) is 18.7 Å². The average Bonchev–Trinajstić information content (AvgIpc) is 2.51. The number of nitrogens with zero attached hydrogens (tertiary/aromatic N) is 1. The summed E-state index contributed by atoms with van der Waals surface area (Å²) in [6, 6.07) is 8.27. The van der Waals surface area contributed by atoms with Gasteiger partial charge in [0, 0.05) is 11.8 Å². The summed E-state index contributed by atoms with van der Waals surface area (Å²) < 4.78 is 32.3. The Morgan fingerprint density at radius 2 is 1.83 bits per heavy atom. The number of aliphatic hydroxyl groups is 1. The molecule has 0 saturated carbocycles. The molecule has 0 fully saturated rings. The predicted octanol–water partition coefficient (Wildman–Crippen LogP) is 3.22. The molecule has 2 rings (SSSR count). The monoisotopic (exact) mass is 321 g/mol. The summed E-state index contributed by atoms with van der Waals surface area (Å²) in [6.45, 7) is 1.95. The molecule has 2 N–H and O–H groups in total. The van der Waals surface area contributed by atoms with Gasteiger partial charge in [0.15, 0.2) is 11.5 Å². The Balaban J connectivity index is 2.11. The van der Waals surface area contributed by atoms with Crippen LogP contribution in [0.5, 0.6) is 11.5 Å². The molecule has 6 heteroatoms. The Labute approximate surface area is 132 Å². The predicted molar refractivity (Wildman–Crippen MR) is 83.1 cm³/mol. The number of hydrogen-bond donors (Lipinski definition) is 2. The molecule has 4 nitrogen and oxygen atoms in total. The third-order valence-corrected chi connectivity index (χ3v) is 3.17. The average molecular weight is 321 g/mol. The van der Waals surface area contributed by atoms with Crippen LogP contribution in [0.1, 0.15) is 24.2 Å². The summed E-state index contributed by atoms with van der Waals surface area (Å²) in [4.78, 5) is 3.94. The highest BCUT2D eigenvalue weighted by atomic mass is 19.1. The first-order chi connectivity index (χ1) is 11.0. The normalized spacial score (nSPS) is 12.5. The van der Waals surface area contributed by atoms with Crippen molar-refractivity contribution in [2.45, 2.75) is 13.0 Å². The van der Waals surface area contributed by atoms with E-state index in [0.29, 0.717) is 17.9 Å². The number of benzene rings is 2. The molecule has 23 heavy (non-hydrogen) atoms. The van der Waals surface area contributed by atoms with Crippen LogP contribution in [0.15, 0.2) is 41.4 Å². The molecule has 0 aliphatic carbocycles. The number of para-hydroxylation sites is 1. The number of aromatic hydroxyl groups is 1. The second-order valence-electron chi connectivity index (χ2n) is 4.77. The van der Waals surface area contributed by atoms with Crippen molar-refractivity contribution in [2.75, 3.05) is 13.2 Å². The van der Waals surface area contributed by atoms with Gasteiger partial charge in [-0.15, -0.1) is 0 Å². The van der Waals surface area contributed by atoms with Crippen LogP contribution in [-0.4, -0.2) is 29.6 Å². The fourth-order valence-corrected chi connectivity index (χ4v) is 2.09. The van der Waals surface area contributed by atoms with E-state index >= 15 is 0 Å². The Morgan fingerprint density at radius 1 is 1.17 bits per heavy atom. The zero-order chi connectivity index (χ0) is 16.8. The lowest BCUT2D eigenvalue weighted by molar-refractivity contribution is 0.177. The van der Waals surface area contributed by atoms with Gasteiger partial charge in [0.1, 0.15) is 17.7 Å². The van der Waals surface area contributed by atoms with Gasteiger partial charge < -0.3 is 14.9 Å². The first-order valence-electron chi connectivity index (χ1n) is 7.11. The number of rotatable bonds is 6. The number of aliphatic hydroxyl groups excluding tert-OH is 1. The molecule has 0 amide bonds. The van der Waals surface area contributed by atoms with Gasteiger partial charge >= 0.3 is 0 Å². The molecule has 0 spiro atoms. The zero-order valence-electron chi connectivity index (χ0n) is 12.5. The van der Waals surface area contributed by atoms with Gasteiger partial charge in [-0.3, -0.25) is 4.99 Å². The molecule has 1 atom stereocenters. The molecule has 1 unspecified atom stereocenters. The molecular weight excluding hydrogens is 304 g/mol. The van der Waals surface area contributed by atoms with Gasteiger partial charge in [-0.1, -0.05) is 12.1 Å². The smallest absolute Gasteiger partial charge is 0.166 e. The third-order valence-electron chi connectivity index (χ3n) is 3.17. The van der Waals surface area contributed by atoms with Gasteiger partial charge in [0.25, 0.3) is 0 Å². The van der Waals surface area contributed by atoms with Crippen LogP contribution in [0.2, 0.25) is 0 Å². The Morgan fingerprint density at radius 3 is 2.48 bits per heavy atom. The third kappa shape index (κ3) is 4.04. The van der Waals surface area contributed by atoms with E-state index in [1.165, 1.54) is 12.3 Å². The van der Waals surface area contributed by atoms with E-state index < -0.39 is 23.3 Å². The highest BCUT2D eigenvalue weighted by Gasteiger charge is 2.17. The summed E-state index contributed by atoms with van der Waals surface area (Å²) in [7, 11) is 0. The first kappa shape index (κ1) is 16.9. The minimum atomic E-state index is -1.41. The molecule has 0 aromatic heterocycles. The standard InChI is InChI=1S/C17H17F2NO3/c1-2-23-15-8-3-5-11(17(15)22)9-20-10-14(21)16-12(18)6-4-7-13(16)19/h3-9,14,21-22H,2,10H2,1H3. The summed E-state index contributed by atoms with van der Waals surface area (Å²) in [6.07, 6.45) is -0.0931. The van der Waals surface area contributed by atoms with Crippen LogP contribution in [0.25, 0.3) is 0 Å². The number of hydrogen-bond acceptors (Lipinski definition) is 4. The van der Waals surface area contributed by atoms with Gasteiger partial charge in [0.2, 0.25) is 0 Å². The largest absolute Gasteiger partial charge is 0.504 e. The second-order valence-corrected chi connectivity index (χ2v) is 4.77. The summed E-state index contributed by atoms with van der Waals surface area (Å²) in [5, 5.41) is 19.9. The number of phenolic OH excluding ortho intramolecular Hbond substituents is 1. The molecule has 0 radical (unpaired) electrons. The molecule has 0 aliphatic heterocycles. The van der Waals surface area contributed by atoms with Crippen molar-refractivity contribution in [1.82, 2.24) is 0 Å². The van der Waals surface area contributed by atoms with Crippen LogP contribution in [0, 0.1) is 11.6 Å². The fourth-order valence-electron chi connectivity index (χ4n) is 2.09. The molecule has 0 aliphatic rings. The van der Waals surface area contributed by atoms with E-state index in [0.717, 1.165) is 12.1 Å². The van der Waals surface area contributed by atoms with Gasteiger partial charge in [-0.2, -0.15) is 0 Å². The zero-order valence-corrected chi connectivity index (χ0v) is 12.5. The lowest BCUT2D eigenvalue weighted by Crippen LogP contribution is -2.07. The van der Waals surface area contributed by atoms with Crippen molar-refractivity contribution in [3.05, 3.63) is 59.2 Å². The van der Waals surface area contributed by atoms with Crippen molar-refractivity contribution in [2.24, 2.45) is 4.99 Å². The summed E-state index contributed by atoms with van der Waals surface area (Å²) >= 11 is 0. The Hall–Kier alpha value is -2.47. The van der Waals surface area contributed by atoms with Gasteiger partial charge in [-0.05, 0) is 31.2 Å². The molecule has 0 saturated heterocycles.